The minimum atomic E-state index is 0.190. The Hall–Kier alpha value is -0.300. The summed E-state index contributed by atoms with van der Waals surface area (Å²) >= 11 is 0. The smallest absolute Gasteiger partial charge is 0.0223 e. The van der Waals surface area contributed by atoms with Crippen molar-refractivity contribution in [2.45, 2.75) is 26.3 Å². The normalized spacial score (nSPS) is 14.0. The number of hydrogen-bond acceptors (Lipinski definition) is 1. The van der Waals surface area contributed by atoms with Gasteiger partial charge in [0.2, 0.25) is 0 Å². The van der Waals surface area contributed by atoms with Crippen molar-refractivity contribution in [1.82, 2.24) is 0 Å². The number of nitrogens with two attached hydrogens (primary N) is 1. The number of hydrogen-bond donors (Lipinski definition) is 1. The van der Waals surface area contributed by atoms with Crippen molar-refractivity contribution in [1.29, 1.82) is 0 Å². The van der Waals surface area contributed by atoms with Crippen LogP contribution in [0.25, 0.3) is 0 Å². The van der Waals surface area contributed by atoms with Crippen LogP contribution in [0, 0.1) is 5.92 Å². The molecule has 0 aromatic rings. The van der Waals surface area contributed by atoms with E-state index in [1.54, 1.807) is 6.08 Å². The van der Waals surface area contributed by atoms with Gasteiger partial charge in [-0.15, -0.1) is 6.58 Å². The largest absolute Gasteiger partial charge is 0.324 e. The molecule has 0 aromatic heterocycles. The average Bonchev–Trinajstić information content (AvgIpc) is 1.65. The average molecular weight is 113 g/mol. The SMILES string of the molecule is C=CC(N)CC(C)C. The van der Waals surface area contributed by atoms with E-state index in [9.17, 15) is 0 Å². The van der Waals surface area contributed by atoms with Gasteiger partial charge >= 0.3 is 0 Å². The first-order chi connectivity index (χ1) is 3.66. The second kappa shape index (κ2) is 3.67. The highest BCUT2D eigenvalue weighted by molar-refractivity contribution is 4.82. The maximum absolute atomic E-state index is 5.56. The lowest BCUT2D eigenvalue weighted by molar-refractivity contribution is 0.547. The van der Waals surface area contributed by atoms with Crippen LogP contribution in [0.4, 0.5) is 0 Å². The molecule has 1 heteroatoms. The first kappa shape index (κ1) is 7.70. The Morgan fingerprint density at radius 3 is 2.25 bits per heavy atom. The molecule has 48 valence electrons. The fourth-order valence-corrected chi connectivity index (χ4v) is 0.641. The molecular formula is C7H15N. The molecular weight excluding hydrogens is 98.1 g/mol. The molecule has 0 heterocycles. The highest BCUT2D eigenvalue weighted by atomic mass is 14.6. The second-order valence-electron chi connectivity index (χ2n) is 2.53. The van der Waals surface area contributed by atoms with Crippen molar-refractivity contribution < 1.29 is 0 Å². The Bertz CT molecular complexity index is 66.8. The molecule has 8 heavy (non-hydrogen) atoms. The van der Waals surface area contributed by atoms with Crippen molar-refractivity contribution in [3.8, 4) is 0 Å². The predicted octanol–water partition coefficient (Wildman–Crippen LogP) is 1.55. The van der Waals surface area contributed by atoms with Crippen LogP contribution in [0.3, 0.4) is 0 Å². The Balaban J connectivity index is 3.23. The lowest BCUT2D eigenvalue weighted by Gasteiger charge is -2.07. The van der Waals surface area contributed by atoms with Gasteiger partial charge in [0.05, 0.1) is 0 Å². The van der Waals surface area contributed by atoms with E-state index >= 15 is 0 Å². The van der Waals surface area contributed by atoms with E-state index in [4.69, 9.17) is 5.73 Å². The van der Waals surface area contributed by atoms with Crippen molar-refractivity contribution >= 4 is 0 Å². The van der Waals surface area contributed by atoms with Gasteiger partial charge in [0, 0.05) is 6.04 Å². The molecule has 1 nitrogen and oxygen atoms in total. The lowest BCUT2D eigenvalue weighted by atomic mass is 10.1. The molecule has 1 atom stereocenters. The summed E-state index contributed by atoms with van der Waals surface area (Å²) < 4.78 is 0. The van der Waals surface area contributed by atoms with Gasteiger partial charge in [0.25, 0.3) is 0 Å². The van der Waals surface area contributed by atoms with Gasteiger partial charge in [-0.3, -0.25) is 0 Å². The van der Waals surface area contributed by atoms with Crippen molar-refractivity contribution in [2.75, 3.05) is 0 Å². The molecule has 0 radical (unpaired) electrons. The predicted molar refractivity (Wildman–Crippen MR) is 37.6 cm³/mol. The fourth-order valence-electron chi connectivity index (χ4n) is 0.641. The highest BCUT2D eigenvalue weighted by Crippen LogP contribution is 2.01. The third-order valence-electron chi connectivity index (χ3n) is 1.05. The Morgan fingerprint density at radius 2 is 2.12 bits per heavy atom. The van der Waals surface area contributed by atoms with Gasteiger partial charge in [-0.25, -0.2) is 0 Å². The summed E-state index contributed by atoms with van der Waals surface area (Å²) in [6, 6.07) is 0.190. The molecule has 0 fully saturated rings. The molecule has 0 saturated carbocycles. The van der Waals surface area contributed by atoms with Crippen LogP contribution in [-0.4, -0.2) is 6.04 Å². The molecule has 1 unspecified atom stereocenters. The van der Waals surface area contributed by atoms with Gasteiger partial charge in [0.1, 0.15) is 0 Å². The quantitative estimate of drug-likeness (QED) is 0.552. The molecule has 0 bridgehead atoms. The van der Waals surface area contributed by atoms with Crippen LogP contribution in [0.5, 0.6) is 0 Å². The third kappa shape index (κ3) is 3.88. The minimum absolute atomic E-state index is 0.190. The van der Waals surface area contributed by atoms with E-state index in [1.807, 2.05) is 0 Å². The molecule has 0 aliphatic heterocycles. The van der Waals surface area contributed by atoms with Gasteiger partial charge in [-0.05, 0) is 12.3 Å². The van der Waals surface area contributed by atoms with Gasteiger partial charge < -0.3 is 5.73 Å². The van der Waals surface area contributed by atoms with Crippen LogP contribution >= 0.6 is 0 Å². The van der Waals surface area contributed by atoms with Gasteiger partial charge in [-0.2, -0.15) is 0 Å². The van der Waals surface area contributed by atoms with Crippen LogP contribution in [-0.2, 0) is 0 Å². The zero-order valence-electron chi connectivity index (χ0n) is 5.72. The fraction of sp³-hybridized carbons (Fsp3) is 0.714. The zero-order valence-corrected chi connectivity index (χ0v) is 5.72. The summed E-state index contributed by atoms with van der Waals surface area (Å²) in [6.07, 6.45) is 2.84. The van der Waals surface area contributed by atoms with E-state index in [-0.39, 0.29) is 6.04 Å². The maximum Gasteiger partial charge on any atom is 0.0223 e. The first-order valence-electron chi connectivity index (χ1n) is 3.05. The second-order valence-corrected chi connectivity index (χ2v) is 2.53. The molecule has 0 aliphatic carbocycles. The maximum atomic E-state index is 5.56. The monoisotopic (exact) mass is 113 g/mol. The van der Waals surface area contributed by atoms with E-state index < -0.39 is 0 Å². The van der Waals surface area contributed by atoms with Gasteiger partial charge in [0.15, 0.2) is 0 Å². The van der Waals surface area contributed by atoms with E-state index in [2.05, 4.69) is 20.4 Å². The van der Waals surface area contributed by atoms with E-state index in [1.165, 1.54) is 0 Å². The Labute approximate surface area is 51.6 Å². The van der Waals surface area contributed by atoms with Crippen LogP contribution in [0.15, 0.2) is 12.7 Å². The zero-order chi connectivity index (χ0) is 6.57. The summed E-state index contributed by atoms with van der Waals surface area (Å²) in [5.41, 5.74) is 5.56. The van der Waals surface area contributed by atoms with Gasteiger partial charge in [-0.1, -0.05) is 19.9 Å². The summed E-state index contributed by atoms with van der Waals surface area (Å²) in [7, 11) is 0. The van der Waals surface area contributed by atoms with Crippen molar-refractivity contribution in [3.05, 3.63) is 12.7 Å². The summed E-state index contributed by atoms with van der Waals surface area (Å²) in [6.45, 7) is 7.90. The topological polar surface area (TPSA) is 26.0 Å². The molecule has 2 N–H and O–H groups in total. The minimum Gasteiger partial charge on any atom is -0.324 e. The molecule has 0 aliphatic rings. The Kier molecular flexibility index (Phi) is 3.53. The van der Waals surface area contributed by atoms with Crippen LogP contribution < -0.4 is 5.73 Å². The third-order valence-corrected chi connectivity index (χ3v) is 1.05. The van der Waals surface area contributed by atoms with Crippen molar-refractivity contribution in [3.63, 3.8) is 0 Å². The number of rotatable bonds is 3. The van der Waals surface area contributed by atoms with E-state index in [0.29, 0.717) is 5.92 Å². The summed E-state index contributed by atoms with van der Waals surface area (Å²) in [5, 5.41) is 0. The lowest BCUT2D eigenvalue weighted by Crippen LogP contribution is -2.18. The highest BCUT2D eigenvalue weighted by Gasteiger charge is 1.98. The Morgan fingerprint density at radius 1 is 1.62 bits per heavy atom. The van der Waals surface area contributed by atoms with Crippen LogP contribution in [0.2, 0.25) is 0 Å². The molecule has 0 aromatic carbocycles. The molecule has 0 rings (SSSR count). The molecule has 0 saturated heterocycles. The van der Waals surface area contributed by atoms with Crippen LogP contribution in [0.1, 0.15) is 20.3 Å². The van der Waals surface area contributed by atoms with E-state index in [0.717, 1.165) is 6.42 Å². The standard InChI is InChI=1S/C7H15N/c1-4-7(8)5-6(2)3/h4,6-7H,1,5,8H2,2-3H3. The first-order valence-corrected chi connectivity index (χ1v) is 3.05. The molecule has 0 spiro atoms. The summed E-state index contributed by atoms with van der Waals surface area (Å²) in [4.78, 5) is 0. The van der Waals surface area contributed by atoms with Crippen molar-refractivity contribution in [2.24, 2.45) is 11.7 Å². The molecule has 0 amide bonds. The summed E-state index contributed by atoms with van der Waals surface area (Å²) in [5.74, 6) is 0.683.